The van der Waals surface area contributed by atoms with Gasteiger partial charge in [0.05, 0.1) is 18.3 Å². The molecule has 1 aromatic rings. The van der Waals surface area contributed by atoms with Gasteiger partial charge in [0.1, 0.15) is 5.82 Å². The molecule has 18 heavy (non-hydrogen) atoms. The molecule has 0 spiro atoms. The van der Waals surface area contributed by atoms with Crippen LogP contribution in [0.3, 0.4) is 0 Å². The zero-order valence-electron chi connectivity index (χ0n) is 10.4. The van der Waals surface area contributed by atoms with Crippen molar-refractivity contribution >= 4 is 10.0 Å². The summed E-state index contributed by atoms with van der Waals surface area (Å²) in [6.45, 7) is 3.11. The Bertz CT molecular complexity index is 499. The van der Waals surface area contributed by atoms with E-state index >= 15 is 0 Å². The summed E-state index contributed by atoms with van der Waals surface area (Å²) < 4.78 is 32.1. The molecule has 1 unspecified atom stereocenters. The lowest BCUT2D eigenvalue weighted by atomic mass is 10.2. The van der Waals surface area contributed by atoms with E-state index in [2.05, 4.69) is 20.0 Å². The third-order valence-corrected chi connectivity index (χ3v) is 4.40. The molecule has 1 saturated heterocycles. The Morgan fingerprint density at radius 3 is 2.94 bits per heavy atom. The zero-order chi connectivity index (χ0) is 13.2. The first-order valence-electron chi connectivity index (χ1n) is 5.86. The first kappa shape index (κ1) is 13.5. The van der Waals surface area contributed by atoms with Crippen molar-refractivity contribution in [1.82, 2.24) is 20.0 Å². The first-order valence-corrected chi connectivity index (χ1v) is 7.35. The molecule has 0 aromatic carbocycles. The molecule has 1 aromatic heterocycles. The summed E-state index contributed by atoms with van der Waals surface area (Å²) in [4.78, 5) is 6.78. The predicted molar refractivity (Wildman–Crippen MR) is 65.7 cm³/mol. The van der Waals surface area contributed by atoms with Crippen LogP contribution >= 0.6 is 0 Å². The van der Waals surface area contributed by atoms with Crippen LogP contribution < -0.4 is 10.0 Å². The molecule has 2 heterocycles. The minimum atomic E-state index is -3.56. The Morgan fingerprint density at radius 1 is 1.56 bits per heavy atom. The highest BCUT2D eigenvalue weighted by molar-refractivity contribution is 7.89. The number of aromatic amines is 1. The number of nitrogens with one attached hydrogen (secondary N) is 3. The van der Waals surface area contributed by atoms with Gasteiger partial charge in [0.2, 0.25) is 0 Å². The van der Waals surface area contributed by atoms with Crippen LogP contribution in [0, 0.1) is 0 Å². The lowest BCUT2D eigenvalue weighted by molar-refractivity contribution is 0.103. The van der Waals surface area contributed by atoms with Crippen LogP contribution in [-0.2, 0) is 21.2 Å². The minimum Gasteiger partial charge on any atom is -0.378 e. The number of H-pyrrole nitrogens is 1. The molecule has 0 amide bonds. The Hall–Kier alpha value is -0.960. The summed E-state index contributed by atoms with van der Waals surface area (Å²) in [5.74, 6) is 0.656. The minimum absolute atomic E-state index is 0.0982. The van der Waals surface area contributed by atoms with Gasteiger partial charge >= 0.3 is 0 Å². The topological polar surface area (TPSA) is 96.1 Å². The quantitative estimate of drug-likeness (QED) is 0.656. The zero-order valence-corrected chi connectivity index (χ0v) is 11.3. The van der Waals surface area contributed by atoms with Crippen molar-refractivity contribution in [3.8, 4) is 0 Å². The molecule has 3 N–H and O–H groups in total. The van der Waals surface area contributed by atoms with E-state index in [1.807, 2.05) is 6.92 Å². The van der Waals surface area contributed by atoms with Gasteiger partial charge in [0, 0.05) is 26.6 Å². The van der Waals surface area contributed by atoms with E-state index in [1.165, 1.54) is 6.20 Å². The highest BCUT2D eigenvalue weighted by Crippen LogP contribution is 2.10. The molecule has 102 valence electrons. The summed E-state index contributed by atoms with van der Waals surface area (Å²) >= 11 is 0. The van der Waals surface area contributed by atoms with E-state index in [0.29, 0.717) is 25.3 Å². The van der Waals surface area contributed by atoms with Crippen molar-refractivity contribution in [1.29, 1.82) is 0 Å². The van der Waals surface area contributed by atoms with Gasteiger partial charge < -0.3 is 15.0 Å². The van der Waals surface area contributed by atoms with Crippen LogP contribution in [0.2, 0.25) is 0 Å². The second-order valence-corrected chi connectivity index (χ2v) is 5.89. The Labute approximate surface area is 106 Å². The van der Waals surface area contributed by atoms with Gasteiger partial charge in [-0.2, -0.15) is 0 Å². The van der Waals surface area contributed by atoms with Gasteiger partial charge in [-0.25, -0.2) is 18.1 Å². The number of imidazole rings is 1. The second kappa shape index (κ2) is 5.35. The largest absolute Gasteiger partial charge is 0.378 e. The van der Waals surface area contributed by atoms with E-state index in [4.69, 9.17) is 4.74 Å². The van der Waals surface area contributed by atoms with Crippen molar-refractivity contribution < 1.29 is 13.2 Å². The number of sulfonamides is 1. The van der Waals surface area contributed by atoms with Gasteiger partial charge in [-0.3, -0.25) is 0 Å². The maximum atomic E-state index is 12.1. The SMILES string of the molecule is CCc1ncc(S(=O)(=O)NC2CNC[C@@H]2OC)[nH]1. The molecular formula is C10H18N4O3S. The number of methoxy groups -OCH3 is 1. The van der Waals surface area contributed by atoms with Crippen molar-refractivity contribution in [2.45, 2.75) is 30.5 Å². The number of aryl methyl sites for hydroxylation is 1. The fourth-order valence-electron chi connectivity index (χ4n) is 1.94. The normalized spacial score (nSPS) is 24.6. The molecule has 7 nitrogen and oxygen atoms in total. The van der Waals surface area contributed by atoms with Crippen molar-refractivity contribution in [2.24, 2.45) is 0 Å². The molecular weight excluding hydrogens is 256 g/mol. The maximum absolute atomic E-state index is 12.1. The molecule has 0 saturated carbocycles. The highest BCUT2D eigenvalue weighted by Gasteiger charge is 2.31. The number of rotatable bonds is 5. The summed E-state index contributed by atoms with van der Waals surface area (Å²) in [5, 5.41) is 3.18. The van der Waals surface area contributed by atoms with E-state index in [0.717, 1.165) is 0 Å². The third kappa shape index (κ3) is 2.72. The highest BCUT2D eigenvalue weighted by atomic mass is 32.2. The first-order chi connectivity index (χ1) is 8.56. The number of hydrogen-bond donors (Lipinski definition) is 3. The predicted octanol–water partition coefficient (Wildman–Crippen LogP) is -0.763. The molecule has 8 heteroatoms. The standard InChI is InChI=1S/C10H18N4O3S/c1-3-9-12-6-10(13-9)18(15,16)14-7-4-11-5-8(7)17-2/h6-8,11,14H,3-5H2,1-2H3,(H,12,13)/t7?,8-/m0/s1. The lowest BCUT2D eigenvalue weighted by Crippen LogP contribution is -2.43. The summed E-state index contributed by atoms with van der Waals surface area (Å²) in [6.07, 6.45) is 1.86. The van der Waals surface area contributed by atoms with Crippen LogP contribution in [0.1, 0.15) is 12.7 Å². The number of ether oxygens (including phenoxy) is 1. The molecule has 0 aliphatic carbocycles. The van der Waals surface area contributed by atoms with Gasteiger partial charge in [-0.05, 0) is 0 Å². The summed E-state index contributed by atoms with van der Waals surface area (Å²) in [6, 6.07) is -0.256. The summed E-state index contributed by atoms with van der Waals surface area (Å²) in [7, 11) is -1.99. The van der Waals surface area contributed by atoms with Crippen molar-refractivity contribution in [3.63, 3.8) is 0 Å². The second-order valence-electron chi connectivity index (χ2n) is 4.21. The number of hydrogen-bond acceptors (Lipinski definition) is 5. The van der Waals surface area contributed by atoms with Crippen LogP contribution in [0.15, 0.2) is 11.2 Å². The van der Waals surface area contributed by atoms with Crippen LogP contribution in [-0.4, -0.2) is 50.7 Å². The molecule has 1 aliphatic rings. The van der Waals surface area contributed by atoms with E-state index in [-0.39, 0.29) is 17.2 Å². The molecule has 1 fully saturated rings. The number of aromatic nitrogens is 2. The van der Waals surface area contributed by atoms with Crippen molar-refractivity contribution in [3.05, 3.63) is 12.0 Å². The molecule has 0 radical (unpaired) electrons. The number of nitrogens with zero attached hydrogens (tertiary/aromatic N) is 1. The molecule has 2 rings (SSSR count). The third-order valence-electron chi connectivity index (χ3n) is 3.00. The van der Waals surface area contributed by atoms with Crippen LogP contribution in [0.4, 0.5) is 0 Å². The van der Waals surface area contributed by atoms with Gasteiger partial charge in [-0.15, -0.1) is 0 Å². The van der Waals surface area contributed by atoms with Gasteiger partial charge in [-0.1, -0.05) is 6.92 Å². The molecule has 0 bridgehead atoms. The fourth-order valence-corrected chi connectivity index (χ4v) is 3.15. The molecule has 2 atom stereocenters. The molecule has 1 aliphatic heterocycles. The van der Waals surface area contributed by atoms with Gasteiger partial charge in [0.25, 0.3) is 10.0 Å². The van der Waals surface area contributed by atoms with Crippen LogP contribution in [0.5, 0.6) is 0 Å². The van der Waals surface area contributed by atoms with Crippen LogP contribution in [0.25, 0.3) is 0 Å². The Balaban J connectivity index is 2.11. The van der Waals surface area contributed by atoms with E-state index in [9.17, 15) is 8.42 Å². The average Bonchev–Trinajstić information content (AvgIpc) is 2.96. The maximum Gasteiger partial charge on any atom is 0.258 e. The average molecular weight is 274 g/mol. The lowest BCUT2D eigenvalue weighted by Gasteiger charge is -2.17. The van der Waals surface area contributed by atoms with Crippen molar-refractivity contribution in [2.75, 3.05) is 20.2 Å². The van der Waals surface area contributed by atoms with Gasteiger partial charge in [0.15, 0.2) is 5.03 Å². The van der Waals surface area contributed by atoms with E-state index < -0.39 is 10.0 Å². The Kier molecular flexibility index (Phi) is 4.00. The monoisotopic (exact) mass is 274 g/mol. The smallest absolute Gasteiger partial charge is 0.258 e. The van der Waals surface area contributed by atoms with E-state index in [1.54, 1.807) is 7.11 Å². The Morgan fingerprint density at radius 2 is 2.33 bits per heavy atom. The fraction of sp³-hybridized carbons (Fsp3) is 0.700. The summed E-state index contributed by atoms with van der Waals surface area (Å²) in [5.41, 5.74) is 0.